The van der Waals surface area contributed by atoms with Gasteiger partial charge in [-0.25, -0.2) is 0 Å². The molecule has 0 spiro atoms. The van der Waals surface area contributed by atoms with Crippen LogP contribution in [0.15, 0.2) is 24.5 Å². The number of pyridine rings is 1. The molecule has 1 aromatic heterocycles. The minimum absolute atomic E-state index is 0.201. The lowest BCUT2D eigenvalue weighted by molar-refractivity contribution is -0.122. The molecule has 1 saturated heterocycles. The second-order valence-electron chi connectivity index (χ2n) is 6.96. The number of rotatable bonds is 6. The summed E-state index contributed by atoms with van der Waals surface area (Å²) < 4.78 is 5.47. The quantitative estimate of drug-likeness (QED) is 0.870. The van der Waals surface area contributed by atoms with Crippen LogP contribution in [0.4, 0.5) is 0 Å². The van der Waals surface area contributed by atoms with E-state index in [1.165, 1.54) is 37.7 Å². The van der Waals surface area contributed by atoms with Gasteiger partial charge in [0.25, 0.3) is 0 Å². The van der Waals surface area contributed by atoms with E-state index in [1.807, 2.05) is 24.5 Å². The number of ether oxygens (including phenoxy) is 1. The summed E-state index contributed by atoms with van der Waals surface area (Å²) in [5.74, 6) is 0.788. The highest BCUT2D eigenvalue weighted by molar-refractivity contribution is 5.76. The van der Waals surface area contributed by atoms with E-state index in [2.05, 4.69) is 15.2 Å². The van der Waals surface area contributed by atoms with Crippen molar-refractivity contribution in [3.8, 4) is 0 Å². The number of carbonyl (C=O) groups excluding carboxylic acids is 1. The number of amides is 1. The highest BCUT2D eigenvalue weighted by Gasteiger charge is 2.24. The van der Waals surface area contributed by atoms with Gasteiger partial charge < -0.3 is 10.1 Å². The Kier molecular flexibility index (Phi) is 6.61. The molecular formula is C19H29N3O2. The van der Waals surface area contributed by atoms with Crippen molar-refractivity contribution in [2.45, 2.75) is 44.6 Å². The van der Waals surface area contributed by atoms with E-state index in [0.717, 1.165) is 26.3 Å². The van der Waals surface area contributed by atoms with E-state index < -0.39 is 0 Å². The van der Waals surface area contributed by atoms with Crippen molar-refractivity contribution in [3.63, 3.8) is 0 Å². The number of nitrogens with zero attached hydrogens (tertiary/aromatic N) is 2. The molecule has 1 saturated carbocycles. The second-order valence-corrected chi connectivity index (χ2v) is 6.96. The molecule has 24 heavy (non-hydrogen) atoms. The van der Waals surface area contributed by atoms with Gasteiger partial charge in [0, 0.05) is 38.4 Å². The smallest absolute Gasteiger partial charge is 0.220 e. The summed E-state index contributed by atoms with van der Waals surface area (Å²) >= 11 is 0. The van der Waals surface area contributed by atoms with Gasteiger partial charge in [0.2, 0.25) is 5.91 Å². The van der Waals surface area contributed by atoms with Crippen LogP contribution in [0.5, 0.6) is 0 Å². The Balaban J connectivity index is 1.56. The van der Waals surface area contributed by atoms with Gasteiger partial charge in [-0.1, -0.05) is 19.3 Å². The third-order valence-corrected chi connectivity index (χ3v) is 5.27. The van der Waals surface area contributed by atoms with Crippen LogP contribution in [-0.2, 0) is 9.53 Å². The molecule has 0 unspecified atom stereocenters. The summed E-state index contributed by atoms with van der Waals surface area (Å²) in [5, 5.41) is 3.18. The molecule has 5 heteroatoms. The molecule has 1 aliphatic carbocycles. The highest BCUT2D eigenvalue weighted by Crippen LogP contribution is 2.26. The minimum atomic E-state index is 0.201. The number of morpholine rings is 1. The zero-order valence-electron chi connectivity index (χ0n) is 14.5. The maximum absolute atomic E-state index is 12.4. The first-order valence-corrected chi connectivity index (χ1v) is 9.31. The molecular weight excluding hydrogens is 302 g/mol. The predicted molar refractivity (Wildman–Crippen MR) is 93.6 cm³/mol. The normalized spacial score (nSPS) is 21.3. The van der Waals surface area contributed by atoms with Gasteiger partial charge in [0.15, 0.2) is 0 Å². The Morgan fingerprint density at radius 3 is 2.62 bits per heavy atom. The molecule has 2 heterocycles. The Morgan fingerprint density at radius 2 is 1.92 bits per heavy atom. The Labute approximate surface area is 144 Å². The van der Waals surface area contributed by atoms with Crippen molar-refractivity contribution < 1.29 is 9.53 Å². The van der Waals surface area contributed by atoms with Gasteiger partial charge >= 0.3 is 0 Å². The summed E-state index contributed by atoms with van der Waals surface area (Å²) in [6, 6.07) is 4.30. The van der Waals surface area contributed by atoms with Gasteiger partial charge in [-0.05, 0) is 36.5 Å². The average Bonchev–Trinajstić information content (AvgIpc) is 2.64. The molecule has 1 aliphatic heterocycles. The molecule has 5 nitrogen and oxygen atoms in total. The number of carbonyl (C=O) groups is 1. The van der Waals surface area contributed by atoms with Crippen LogP contribution in [-0.4, -0.2) is 48.6 Å². The van der Waals surface area contributed by atoms with Crippen molar-refractivity contribution in [2.24, 2.45) is 5.92 Å². The van der Waals surface area contributed by atoms with Crippen LogP contribution in [0.25, 0.3) is 0 Å². The second kappa shape index (κ2) is 9.14. The third kappa shape index (κ3) is 5.02. The summed E-state index contributed by atoms with van der Waals surface area (Å²) in [5.41, 5.74) is 1.21. The number of nitrogens with one attached hydrogen (secondary N) is 1. The fraction of sp³-hybridized carbons (Fsp3) is 0.684. The molecule has 1 aromatic rings. The molecule has 1 amide bonds. The lowest BCUT2D eigenvalue weighted by Gasteiger charge is -2.35. The number of aromatic nitrogens is 1. The molecule has 2 fully saturated rings. The van der Waals surface area contributed by atoms with E-state index in [9.17, 15) is 4.79 Å². The fourth-order valence-electron chi connectivity index (χ4n) is 3.87. The molecule has 1 atom stereocenters. The Hall–Kier alpha value is -1.46. The third-order valence-electron chi connectivity index (χ3n) is 5.27. The van der Waals surface area contributed by atoms with E-state index in [-0.39, 0.29) is 11.9 Å². The van der Waals surface area contributed by atoms with Crippen molar-refractivity contribution >= 4 is 5.91 Å². The van der Waals surface area contributed by atoms with Gasteiger partial charge in [0.1, 0.15) is 0 Å². The van der Waals surface area contributed by atoms with Gasteiger partial charge in [0.05, 0.1) is 19.3 Å². The monoisotopic (exact) mass is 331 g/mol. The van der Waals surface area contributed by atoms with E-state index >= 15 is 0 Å². The van der Waals surface area contributed by atoms with Gasteiger partial charge in [-0.3, -0.25) is 14.7 Å². The van der Waals surface area contributed by atoms with Gasteiger partial charge in [-0.15, -0.1) is 0 Å². The molecule has 0 bridgehead atoms. The van der Waals surface area contributed by atoms with Crippen molar-refractivity contribution in [3.05, 3.63) is 30.1 Å². The van der Waals surface area contributed by atoms with Crippen LogP contribution in [0.2, 0.25) is 0 Å². The average molecular weight is 331 g/mol. The van der Waals surface area contributed by atoms with E-state index in [0.29, 0.717) is 18.9 Å². The van der Waals surface area contributed by atoms with E-state index in [1.54, 1.807) is 0 Å². The largest absolute Gasteiger partial charge is 0.379 e. The summed E-state index contributed by atoms with van der Waals surface area (Å²) in [6.45, 7) is 4.00. The van der Waals surface area contributed by atoms with E-state index in [4.69, 9.17) is 4.74 Å². The van der Waals surface area contributed by atoms with Crippen molar-refractivity contribution in [2.75, 3.05) is 32.8 Å². The standard InChI is InChI=1S/C19H29N3O2/c23-19(14-16-4-2-1-3-5-16)21-15-18(17-6-8-20-9-7-17)22-10-12-24-13-11-22/h6-9,16,18H,1-5,10-15H2,(H,21,23)/t18-/m0/s1. The highest BCUT2D eigenvalue weighted by atomic mass is 16.5. The summed E-state index contributed by atoms with van der Waals surface area (Å²) in [7, 11) is 0. The van der Waals surface area contributed by atoms with Crippen molar-refractivity contribution in [1.82, 2.24) is 15.2 Å². The first-order valence-electron chi connectivity index (χ1n) is 9.31. The number of hydrogen-bond donors (Lipinski definition) is 1. The maximum Gasteiger partial charge on any atom is 0.220 e. The fourth-order valence-corrected chi connectivity index (χ4v) is 3.87. The minimum Gasteiger partial charge on any atom is -0.379 e. The van der Waals surface area contributed by atoms with Crippen LogP contribution in [0, 0.1) is 5.92 Å². The SMILES string of the molecule is O=C(CC1CCCCC1)NC[C@@H](c1ccncc1)N1CCOCC1. The van der Waals surface area contributed by atoms with Crippen LogP contribution in [0.3, 0.4) is 0 Å². The molecule has 0 aromatic carbocycles. The zero-order valence-corrected chi connectivity index (χ0v) is 14.5. The van der Waals surface area contributed by atoms with Crippen LogP contribution < -0.4 is 5.32 Å². The number of hydrogen-bond acceptors (Lipinski definition) is 4. The molecule has 1 N–H and O–H groups in total. The zero-order chi connectivity index (χ0) is 16.6. The van der Waals surface area contributed by atoms with Gasteiger partial charge in [-0.2, -0.15) is 0 Å². The first kappa shape index (κ1) is 17.4. The van der Waals surface area contributed by atoms with Crippen LogP contribution in [0.1, 0.15) is 50.1 Å². The summed E-state index contributed by atoms with van der Waals surface area (Å²) in [4.78, 5) is 18.9. The molecule has 0 radical (unpaired) electrons. The Morgan fingerprint density at radius 1 is 1.21 bits per heavy atom. The molecule has 2 aliphatic rings. The maximum atomic E-state index is 12.4. The first-order chi connectivity index (χ1) is 11.8. The predicted octanol–water partition coefficient (Wildman–Crippen LogP) is 2.54. The topological polar surface area (TPSA) is 54.5 Å². The summed E-state index contributed by atoms with van der Waals surface area (Å²) in [6.07, 6.45) is 10.7. The lowest BCUT2D eigenvalue weighted by Crippen LogP contribution is -2.44. The van der Waals surface area contributed by atoms with Crippen molar-refractivity contribution in [1.29, 1.82) is 0 Å². The lowest BCUT2D eigenvalue weighted by atomic mass is 9.87. The molecule has 3 rings (SSSR count). The van der Waals surface area contributed by atoms with Crippen LogP contribution >= 0.6 is 0 Å². The Bertz CT molecular complexity index is 497. The molecule has 132 valence electrons.